The number of thioether (sulfide) groups is 1. The van der Waals surface area contributed by atoms with E-state index in [0.717, 1.165) is 16.7 Å². The molecule has 22 heavy (non-hydrogen) atoms. The smallest absolute Gasteiger partial charge is 0.412 e. The number of carbonyl (C=O) groups excluding carboxylic acids is 3. The average Bonchev–Trinajstić information content (AvgIpc) is 2.78. The lowest BCUT2D eigenvalue weighted by molar-refractivity contribution is -0.310. The number of nitrogens with zero attached hydrogens (tertiary/aromatic N) is 1. The molecule has 0 aromatic rings. The highest BCUT2D eigenvalue weighted by atomic mass is 32.2. The number of aliphatic carboxylic acids is 1. The van der Waals surface area contributed by atoms with Crippen molar-refractivity contribution in [2.24, 2.45) is 0 Å². The Morgan fingerprint density at radius 2 is 2.14 bits per heavy atom. The lowest BCUT2D eigenvalue weighted by Gasteiger charge is -2.35. The molecule has 1 saturated heterocycles. The van der Waals surface area contributed by atoms with Crippen LogP contribution >= 0.6 is 11.8 Å². The highest BCUT2D eigenvalue weighted by Gasteiger charge is 2.45. The third-order valence-corrected chi connectivity index (χ3v) is 4.39. The summed E-state index contributed by atoms with van der Waals surface area (Å²) in [5.74, 6) is -1.95. The van der Waals surface area contributed by atoms with Crippen molar-refractivity contribution in [2.45, 2.75) is 43.9 Å². The van der Waals surface area contributed by atoms with Crippen molar-refractivity contribution < 1.29 is 29.3 Å². The zero-order chi connectivity index (χ0) is 16.7. The van der Waals surface area contributed by atoms with Crippen LogP contribution < -0.4 is 10.4 Å². The van der Waals surface area contributed by atoms with E-state index in [2.05, 4.69) is 5.32 Å². The predicted molar refractivity (Wildman–Crippen MR) is 75.3 cm³/mol. The van der Waals surface area contributed by atoms with Gasteiger partial charge in [-0.1, -0.05) is 0 Å². The molecule has 0 aromatic carbocycles. The number of carboxylic acids is 1. The van der Waals surface area contributed by atoms with E-state index in [0.29, 0.717) is 0 Å². The van der Waals surface area contributed by atoms with Gasteiger partial charge in [0.15, 0.2) is 0 Å². The van der Waals surface area contributed by atoms with Gasteiger partial charge in [-0.15, -0.1) is 11.8 Å². The molecule has 0 radical (unpaired) electrons. The van der Waals surface area contributed by atoms with Crippen molar-refractivity contribution in [3.63, 3.8) is 0 Å². The molecule has 2 rings (SSSR count). The molecule has 0 saturated carbocycles. The second-order valence-corrected chi connectivity index (χ2v) is 7.12. The minimum Gasteiger partial charge on any atom is -0.548 e. The number of amides is 2. The summed E-state index contributed by atoms with van der Waals surface area (Å²) in [5.41, 5.74) is -0.952. The summed E-state index contributed by atoms with van der Waals surface area (Å²) in [6.07, 6.45) is -0.746. The van der Waals surface area contributed by atoms with E-state index in [9.17, 15) is 24.6 Å². The molecule has 2 N–H and O–H groups in total. The van der Waals surface area contributed by atoms with Gasteiger partial charge in [0.2, 0.25) is 0 Å². The SMILES string of the molecule is CC(C)(C)OC(=O)NC1=C[C@H](O)[C@@H]2SC[C@@H](C(=O)[O-])N2C1=O. The van der Waals surface area contributed by atoms with Gasteiger partial charge in [0, 0.05) is 5.75 Å². The van der Waals surface area contributed by atoms with Gasteiger partial charge in [0.05, 0.1) is 12.0 Å². The summed E-state index contributed by atoms with van der Waals surface area (Å²) in [4.78, 5) is 36.2. The molecule has 9 heteroatoms. The Morgan fingerprint density at radius 1 is 1.50 bits per heavy atom. The Bertz CT molecular complexity index is 541. The first-order valence-electron chi connectivity index (χ1n) is 6.65. The zero-order valence-electron chi connectivity index (χ0n) is 12.4. The van der Waals surface area contributed by atoms with E-state index in [4.69, 9.17) is 4.74 Å². The van der Waals surface area contributed by atoms with Crippen LogP contribution in [0.1, 0.15) is 20.8 Å². The first-order chi connectivity index (χ1) is 10.1. The monoisotopic (exact) mass is 329 g/mol. The van der Waals surface area contributed by atoms with Crippen LogP contribution in [0, 0.1) is 0 Å². The molecule has 0 spiro atoms. The van der Waals surface area contributed by atoms with Gasteiger partial charge in [-0.05, 0) is 26.8 Å². The Labute approximate surface area is 131 Å². The van der Waals surface area contributed by atoms with Gasteiger partial charge in [-0.3, -0.25) is 10.1 Å². The minimum absolute atomic E-state index is 0.128. The number of aliphatic hydroxyl groups is 1. The number of hydrogen-bond donors (Lipinski definition) is 2. The quantitative estimate of drug-likeness (QED) is 0.652. The van der Waals surface area contributed by atoms with E-state index < -0.39 is 41.1 Å². The zero-order valence-corrected chi connectivity index (χ0v) is 13.2. The molecule has 0 unspecified atom stereocenters. The molecule has 0 aliphatic carbocycles. The number of fused-ring (bicyclic) bond motifs is 1. The summed E-state index contributed by atoms with van der Waals surface area (Å²) in [7, 11) is 0. The Morgan fingerprint density at radius 3 is 2.68 bits per heavy atom. The van der Waals surface area contributed by atoms with E-state index in [1.165, 1.54) is 6.08 Å². The van der Waals surface area contributed by atoms with E-state index in [1.54, 1.807) is 20.8 Å². The summed E-state index contributed by atoms with van der Waals surface area (Å²) in [5, 5.41) is 22.7. The van der Waals surface area contributed by atoms with Crippen molar-refractivity contribution in [1.29, 1.82) is 0 Å². The van der Waals surface area contributed by atoms with Gasteiger partial charge in [-0.2, -0.15) is 0 Å². The lowest BCUT2D eigenvalue weighted by atomic mass is 10.1. The number of hydrogen-bond acceptors (Lipinski definition) is 7. The maximum absolute atomic E-state index is 12.3. The van der Waals surface area contributed by atoms with Crippen LogP contribution in [0.4, 0.5) is 4.79 Å². The van der Waals surface area contributed by atoms with Crippen LogP contribution in [0.3, 0.4) is 0 Å². The number of alkyl carbamates (subject to hydrolysis) is 1. The molecule has 2 amide bonds. The fourth-order valence-electron chi connectivity index (χ4n) is 2.20. The Kier molecular flexibility index (Phi) is 4.39. The molecule has 0 aromatic heterocycles. The van der Waals surface area contributed by atoms with Crippen LogP contribution in [0.25, 0.3) is 0 Å². The van der Waals surface area contributed by atoms with Crippen LogP contribution in [0.2, 0.25) is 0 Å². The van der Waals surface area contributed by atoms with Crippen molar-refractivity contribution in [1.82, 2.24) is 10.2 Å². The maximum Gasteiger partial charge on any atom is 0.412 e. The van der Waals surface area contributed by atoms with Crippen molar-refractivity contribution in [2.75, 3.05) is 5.75 Å². The number of carbonyl (C=O) groups is 3. The van der Waals surface area contributed by atoms with Gasteiger partial charge >= 0.3 is 6.09 Å². The molecule has 8 nitrogen and oxygen atoms in total. The number of rotatable bonds is 2. The number of nitrogens with one attached hydrogen (secondary N) is 1. The van der Waals surface area contributed by atoms with Crippen LogP contribution in [0.15, 0.2) is 11.8 Å². The average molecular weight is 329 g/mol. The fraction of sp³-hybridized carbons (Fsp3) is 0.615. The molecule has 0 bridgehead atoms. The molecule has 2 aliphatic rings. The molecule has 122 valence electrons. The Balaban J connectivity index is 2.16. The van der Waals surface area contributed by atoms with Crippen LogP contribution in [0.5, 0.6) is 0 Å². The number of ether oxygens (including phenoxy) is 1. The highest BCUT2D eigenvalue weighted by molar-refractivity contribution is 8.00. The molecular formula is C13H17N2O6S-. The first kappa shape index (κ1) is 16.6. The van der Waals surface area contributed by atoms with Gasteiger partial charge < -0.3 is 24.6 Å². The van der Waals surface area contributed by atoms with E-state index in [1.807, 2.05) is 0 Å². The van der Waals surface area contributed by atoms with Crippen molar-refractivity contribution >= 4 is 29.7 Å². The standard InChI is InChI=1S/C13H18N2O6S/c1-13(2,3)21-12(20)14-6-4-8(16)10-15(9(6)17)7(5-22-10)11(18)19/h4,7-8,10,16H,5H2,1-3H3,(H,14,20)(H,18,19)/p-1/t7-,8-,10-/m0/s1. The summed E-state index contributed by atoms with van der Waals surface area (Å²) in [6.45, 7) is 4.99. The topological polar surface area (TPSA) is 119 Å². The predicted octanol–water partition coefficient (Wildman–Crippen LogP) is -1.21. The molecule has 3 atom stereocenters. The molecule has 1 fully saturated rings. The number of carboxylic acid groups (broad SMARTS) is 1. The van der Waals surface area contributed by atoms with Crippen molar-refractivity contribution in [3.05, 3.63) is 11.8 Å². The van der Waals surface area contributed by atoms with Crippen LogP contribution in [-0.2, 0) is 14.3 Å². The third kappa shape index (κ3) is 3.36. The normalized spacial score (nSPS) is 28.0. The second-order valence-electron chi connectivity index (χ2n) is 5.97. The molecule has 2 heterocycles. The maximum atomic E-state index is 12.3. The third-order valence-electron chi connectivity index (χ3n) is 3.04. The second kappa shape index (κ2) is 5.81. The van der Waals surface area contributed by atoms with Crippen LogP contribution in [-0.4, -0.2) is 56.8 Å². The van der Waals surface area contributed by atoms with E-state index in [-0.39, 0.29) is 11.4 Å². The Hall–Kier alpha value is -1.74. The molecular weight excluding hydrogens is 312 g/mol. The minimum atomic E-state index is -1.39. The van der Waals surface area contributed by atoms with Gasteiger partial charge in [-0.25, -0.2) is 4.79 Å². The molecule has 2 aliphatic heterocycles. The summed E-state index contributed by atoms with van der Waals surface area (Å²) < 4.78 is 5.03. The van der Waals surface area contributed by atoms with Gasteiger partial charge in [0.25, 0.3) is 5.91 Å². The highest BCUT2D eigenvalue weighted by Crippen LogP contribution is 2.35. The largest absolute Gasteiger partial charge is 0.548 e. The van der Waals surface area contributed by atoms with E-state index >= 15 is 0 Å². The summed E-state index contributed by atoms with van der Waals surface area (Å²) in [6, 6.07) is -1.14. The lowest BCUT2D eigenvalue weighted by Crippen LogP contribution is -2.57. The first-order valence-corrected chi connectivity index (χ1v) is 7.70. The van der Waals surface area contributed by atoms with Crippen molar-refractivity contribution in [3.8, 4) is 0 Å². The number of aliphatic hydroxyl groups excluding tert-OH is 1. The fourth-order valence-corrected chi connectivity index (χ4v) is 3.56. The summed E-state index contributed by atoms with van der Waals surface area (Å²) >= 11 is 1.15. The van der Waals surface area contributed by atoms with Gasteiger partial charge in [0.1, 0.15) is 22.8 Å².